The van der Waals surface area contributed by atoms with Gasteiger partial charge < -0.3 is 23.8 Å². The summed E-state index contributed by atoms with van der Waals surface area (Å²) in [5.41, 5.74) is 0.863. The van der Waals surface area contributed by atoms with Gasteiger partial charge in [-0.05, 0) is 71.9 Å². The zero-order valence-electron chi connectivity index (χ0n) is 37.5. The Bertz CT molecular complexity index is 1050. The van der Waals surface area contributed by atoms with Crippen molar-refractivity contribution in [3.63, 3.8) is 0 Å². The van der Waals surface area contributed by atoms with Gasteiger partial charge in [-0.3, -0.25) is 4.79 Å². The normalized spacial score (nSPS) is 12.8. The number of esters is 2. The summed E-state index contributed by atoms with van der Waals surface area (Å²) in [4.78, 5) is 40.0. The second-order valence-electron chi connectivity index (χ2n) is 16.9. The minimum Gasteiger partial charge on any atom is -0.465 e. The van der Waals surface area contributed by atoms with E-state index in [4.69, 9.17) is 18.9 Å². The number of nitrogens with zero attached hydrogens (tertiary/aromatic N) is 1. The lowest BCUT2D eigenvalue weighted by atomic mass is 9.94. The molecule has 0 aromatic heterocycles. The minimum absolute atomic E-state index is 0.00241. The van der Waals surface area contributed by atoms with E-state index in [0.29, 0.717) is 6.42 Å². The predicted molar refractivity (Wildman–Crippen MR) is 234 cm³/mol. The second-order valence-corrected chi connectivity index (χ2v) is 16.9. The van der Waals surface area contributed by atoms with Crippen molar-refractivity contribution in [3.8, 4) is 0 Å². The number of unbranched alkanes of at least 4 members (excludes halogenated alkanes) is 17. The van der Waals surface area contributed by atoms with Gasteiger partial charge >= 0.3 is 18.1 Å². The van der Waals surface area contributed by atoms with Gasteiger partial charge in [0.25, 0.3) is 0 Å². The molecule has 56 heavy (non-hydrogen) atoms. The fourth-order valence-electron chi connectivity index (χ4n) is 6.73. The van der Waals surface area contributed by atoms with E-state index < -0.39 is 18.0 Å². The Morgan fingerprint density at radius 2 is 1.05 bits per heavy atom. The summed E-state index contributed by atoms with van der Waals surface area (Å²) in [6.07, 6.45) is 38.1. The molecule has 0 aromatic carbocycles. The van der Waals surface area contributed by atoms with Crippen molar-refractivity contribution < 1.29 is 33.3 Å². The van der Waals surface area contributed by atoms with E-state index in [9.17, 15) is 14.4 Å². The fourth-order valence-corrected chi connectivity index (χ4v) is 6.73. The van der Waals surface area contributed by atoms with E-state index in [0.717, 1.165) is 69.9 Å². The molecule has 0 aliphatic heterocycles. The van der Waals surface area contributed by atoms with Gasteiger partial charge in [-0.15, -0.1) is 0 Å². The molecule has 0 amide bonds. The van der Waals surface area contributed by atoms with Crippen molar-refractivity contribution in [2.75, 3.05) is 47.1 Å². The van der Waals surface area contributed by atoms with Crippen LogP contribution in [0.2, 0.25) is 0 Å². The van der Waals surface area contributed by atoms with Crippen LogP contribution in [0.15, 0.2) is 36.0 Å². The number of carbonyl (C=O) groups excluding carboxylic acids is 3. The van der Waals surface area contributed by atoms with Crippen LogP contribution in [0.4, 0.5) is 4.79 Å². The zero-order chi connectivity index (χ0) is 41.5. The van der Waals surface area contributed by atoms with Gasteiger partial charge in [-0.1, -0.05) is 161 Å². The van der Waals surface area contributed by atoms with Crippen molar-refractivity contribution in [2.45, 2.75) is 195 Å². The van der Waals surface area contributed by atoms with Crippen LogP contribution in [0, 0.1) is 11.3 Å². The minimum atomic E-state index is -0.786. The number of allylic oxidation sites excluding steroid dienone is 5. The molecule has 8 heteroatoms. The molecule has 0 radical (unpaired) electrons. The number of carbonyl (C=O) groups is 3. The largest absolute Gasteiger partial charge is 0.508 e. The van der Waals surface area contributed by atoms with Crippen LogP contribution in [0.3, 0.4) is 0 Å². The topological polar surface area (TPSA) is 91.4 Å². The molecule has 0 rings (SSSR count). The lowest BCUT2D eigenvalue weighted by molar-refractivity contribution is -0.148. The average Bonchev–Trinajstić information content (AvgIpc) is 3.15. The maximum absolute atomic E-state index is 12.9. The third kappa shape index (κ3) is 37.0. The molecule has 0 spiro atoms. The summed E-state index contributed by atoms with van der Waals surface area (Å²) in [6.45, 7) is 11.5. The van der Waals surface area contributed by atoms with Crippen LogP contribution >= 0.6 is 0 Å². The smallest absolute Gasteiger partial charge is 0.465 e. The summed E-state index contributed by atoms with van der Waals surface area (Å²) in [6, 6.07) is 0. The third-order valence-corrected chi connectivity index (χ3v) is 9.78. The van der Waals surface area contributed by atoms with Crippen LogP contribution in [0.1, 0.15) is 195 Å². The first-order valence-corrected chi connectivity index (χ1v) is 22.8. The van der Waals surface area contributed by atoms with Gasteiger partial charge in [-0.2, -0.15) is 0 Å². The van der Waals surface area contributed by atoms with Crippen molar-refractivity contribution >= 4 is 18.1 Å². The second kappa shape index (κ2) is 37.9. The number of ether oxygens (including phenoxy) is 4. The SMILES string of the molecule is CCCCCC/C=C\C/C=C\CCCCCCCCC(=O)OCC(COC(=O)/C=C(\CCC)CCCCCCCCCC)COC(=O)OCC(C)(C)CN(C)C. The van der Waals surface area contributed by atoms with E-state index >= 15 is 0 Å². The van der Waals surface area contributed by atoms with E-state index in [1.807, 2.05) is 32.8 Å². The van der Waals surface area contributed by atoms with Crippen LogP contribution < -0.4 is 0 Å². The molecular weight excluding hydrogens is 703 g/mol. The quantitative estimate of drug-likeness (QED) is 0.0201. The van der Waals surface area contributed by atoms with Gasteiger partial charge in [0, 0.05) is 24.5 Å². The highest BCUT2D eigenvalue weighted by atomic mass is 16.7. The molecule has 0 aliphatic rings. The van der Waals surface area contributed by atoms with Crippen molar-refractivity contribution in [1.82, 2.24) is 4.90 Å². The lowest BCUT2D eigenvalue weighted by Gasteiger charge is -2.27. The molecule has 1 atom stereocenters. The zero-order valence-corrected chi connectivity index (χ0v) is 37.5. The summed E-state index contributed by atoms with van der Waals surface area (Å²) >= 11 is 0. The Balaban J connectivity index is 4.71. The van der Waals surface area contributed by atoms with Gasteiger partial charge in [-0.25, -0.2) is 9.59 Å². The monoisotopic (exact) mass is 790 g/mol. The predicted octanol–water partition coefficient (Wildman–Crippen LogP) is 13.3. The molecule has 1 unspecified atom stereocenters. The number of hydrogen-bond acceptors (Lipinski definition) is 8. The summed E-state index contributed by atoms with van der Waals surface area (Å²) in [5, 5.41) is 0. The molecule has 0 bridgehead atoms. The molecule has 8 nitrogen and oxygen atoms in total. The molecule has 0 saturated heterocycles. The van der Waals surface area contributed by atoms with Gasteiger partial charge in [0.05, 0.1) is 5.92 Å². The highest BCUT2D eigenvalue weighted by Gasteiger charge is 2.23. The van der Waals surface area contributed by atoms with Gasteiger partial charge in [0.15, 0.2) is 0 Å². The maximum atomic E-state index is 12.9. The van der Waals surface area contributed by atoms with Crippen LogP contribution in [-0.4, -0.2) is 70.1 Å². The molecule has 0 N–H and O–H groups in total. The Morgan fingerprint density at radius 3 is 1.62 bits per heavy atom. The maximum Gasteiger partial charge on any atom is 0.508 e. The summed E-state index contributed by atoms with van der Waals surface area (Å²) in [5.74, 6) is -1.19. The van der Waals surface area contributed by atoms with Crippen LogP contribution in [0.25, 0.3) is 0 Å². The molecular formula is C48H87NO7. The van der Waals surface area contributed by atoms with E-state index in [1.165, 1.54) is 96.3 Å². The van der Waals surface area contributed by atoms with Gasteiger partial charge in [0.1, 0.15) is 26.4 Å². The first kappa shape index (κ1) is 53.4. The molecule has 0 aliphatic carbocycles. The Labute approximate surface area is 345 Å². The Morgan fingerprint density at radius 1 is 0.554 bits per heavy atom. The van der Waals surface area contributed by atoms with Crippen molar-refractivity contribution in [2.24, 2.45) is 11.3 Å². The standard InChI is InChI=1S/C48H87NO7/c1-8-11-13-15-17-19-20-21-22-23-24-25-26-27-29-31-33-36-45(50)53-38-44(40-55-47(52)56-42-48(4,5)41-49(6)7)39-54-46(51)37-43(34-10-3)35-32-30-28-18-16-14-12-9-2/h19-20,22-23,37,44H,8-18,21,24-36,38-42H2,1-7H3/b20-19-,23-22-,43-37+. The average molecular weight is 790 g/mol. The Kier molecular flexibility index (Phi) is 36.2. The fraction of sp³-hybridized carbons (Fsp3) is 0.812. The first-order valence-electron chi connectivity index (χ1n) is 22.8. The summed E-state index contributed by atoms with van der Waals surface area (Å²) in [7, 11) is 3.95. The van der Waals surface area contributed by atoms with E-state index in [2.05, 4.69) is 45.1 Å². The lowest BCUT2D eigenvalue weighted by Crippen LogP contribution is -2.34. The molecule has 326 valence electrons. The Hall–Kier alpha value is -2.61. The van der Waals surface area contributed by atoms with Crippen molar-refractivity contribution in [3.05, 3.63) is 36.0 Å². The highest BCUT2D eigenvalue weighted by Crippen LogP contribution is 2.19. The van der Waals surface area contributed by atoms with Crippen LogP contribution in [0.5, 0.6) is 0 Å². The third-order valence-electron chi connectivity index (χ3n) is 9.78. The molecule has 0 fully saturated rings. The molecule has 0 saturated carbocycles. The van der Waals surface area contributed by atoms with Crippen LogP contribution in [-0.2, 0) is 28.5 Å². The van der Waals surface area contributed by atoms with Crippen molar-refractivity contribution in [1.29, 1.82) is 0 Å². The van der Waals surface area contributed by atoms with Gasteiger partial charge in [0.2, 0.25) is 0 Å². The van der Waals surface area contributed by atoms with E-state index in [1.54, 1.807) is 6.08 Å². The number of hydrogen-bond donors (Lipinski definition) is 0. The van der Waals surface area contributed by atoms with E-state index in [-0.39, 0.29) is 37.8 Å². The molecule has 0 heterocycles. The molecule has 0 aromatic rings. The first-order chi connectivity index (χ1) is 27.0. The number of rotatable bonds is 38. The summed E-state index contributed by atoms with van der Waals surface area (Å²) < 4.78 is 22.0. The highest BCUT2D eigenvalue weighted by molar-refractivity contribution is 5.82.